The lowest BCUT2D eigenvalue weighted by molar-refractivity contribution is 0.197. The molecule has 0 radical (unpaired) electrons. The first-order valence-electron chi connectivity index (χ1n) is 6.02. The topological polar surface area (TPSA) is 34.1 Å². The zero-order valence-electron chi connectivity index (χ0n) is 11.2. The number of thiophene rings is 1. The molecule has 0 fully saturated rings. The Labute approximate surface area is 130 Å². The van der Waals surface area contributed by atoms with Gasteiger partial charge in [-0.3, -0.25) is 0 Å². The van der Waals surface area contributed by atoms with Gasteiger partial charge in [0, 0.05) is 33.3 Å². The second kappa shape index (κ2) is 6.95. The van der Waals surface area contributed by atoms with Crippen molar-refractivity contribution in [3.63, 3.8) is 0 Å². The highest BCUT2D eigenvalue weighted by Gasteiger charge is 2.19. The first kappa shape index (κ1) is 15.1. The lowest BCUT2D eigenvalue weighted by Gasteiger charge is -2.14. The summed E-state index contributed by atoms with van der Waals surface area (Å²) in [5, 5.41) is 6.75. The molecule has 2 rings (SSSR count). The maximum Gasteiger partial charge on any atom is 0.115 e. The molecular formula is C13H17BrN2OS2. The monoisotopic (exact) mass is 360 g/mol. The molecule has 2 heterocycles. The van der Waals surface area contributed by atoms with Gasteiger partial charge in [-0.05, 0) is 35.8 Å². The van der Waals surface area contributed by atoms with E-state index in [9.17, 15) is 0 Å². The number of nitrogens with one attached hydrogen (secondary N) is 1. The molecule has 1 atom stereocenters. The molecule has 0 aromatic carbocycles. The van der Waals surface area contributed by atoms with Gasteiger partial charge in [-0.2, -0.15) is 0 Å². The Morgan fingerprint density at radius 1 is 1.47 bits per heavy atom. The zero-order valence-corrected chi connectivity index (χ0v) is 14.4. The maximum atomic E-state index is 5.11. The van der Waals surface area contributed by atoms with Crippen molar-refractivity contribution in [1.29, 1.82) is 0 Å². The highest BCUT2D eigenvalue weighted by atomic mass is 79.9. The fourth-order valence-corrected chi connectivity index (χ4v) is 4.33. The van der Waals surface area contributed by atoms with Crippen LogP contribution in [0.4, 0.5) is 0 Å². The normalized spacial score (nSPS) is 12.8. The minimum Gasteiger partial charge on any atom is -0.383 e. The van der Waals surface area contributed by atoms with Crippen LogP contribution in [-0.4, -0.2) is 25.2 Å². The molecule has 1 N–H and O–H groups in total. The molecule has 0 bridgehead atoms. The van der Waals surface area contributed by atoms with Gasteiger partial charge in [-0.1, -0.05) is 0 Å². The van der Waals surface area contributed by atoms with E-state index < -0.39 is 0 Å². The zero-order chi connectivity index (χ0) is 13.8. The van der Waals surface area contributed by atoms with Gasteiger partial charge < -0.3 is 10.1 Å². The number of halogens is 1. The highest BCUT2D eigenvalue weighted by Crippen LogP contribution is 2.32. The Kier molecular flexibility index (Phi) is 5.53. The summed E-state index contributed by atoms with van der Waals surface area (Å²) in [4.78, 5) is 7.24. The van der Waals surface area contributed by atoms with Crippen LogP contribution in [0.1, 0.15) is 26.5 Å². The second-order valence-electron chi connectivity index (χ2n) is 4.24. The molecule has 1 unspecified atom stereocenters. The Morgan fingerprint density at radius 3 is 2.79 bits per heavy atom. The van der Waals surface area contributed by atoms with Crippen molar-refractivity contribution in [2.75, 3.05) is 20.3 Å². The fourth-order valence-electron chi connectivity index (χ4n) is 1.72. The van der Waals surface area contributed by atoms with Crippen molar-refractivity contribution >= 4 is 38.6 Å². The van der Waals surface area contributed by atoms with Crippen molar-refractivity contribution in [2.45, 2.75) is 19.9 Å². The van der Waals surface area contributed by atoms with Crippen LogP contribution in [0, 0.1) is 13.8 Å². The van der Waals surface area contributed by atoms with Gasteiger partial charge >= 0.3 is 0 Å². The second-order valence-corrected chi connectivity index (χ2v) is 7.33. The summed E-state index contributed by atoms with van der Waals surface area (Å²) < 4.78 is 6.23. The Hall–Kier alpha value is -0.270. The van der Waals surface area contributed by atoms with Crippen LogP contribution in [-0.2, 0) is 4.74 Å². The molecule has 0 aliphatic rings. The SMILES string of the molecule is COCCNC(c1cc(Br)cs1)c1nc(C)c(C)s1. The number of hydrogen-bond acceptors (Lipinski definition) is 5. The van der Waals surface area contributed by atoms with Gasteiger partial charge in [0.15, 0.2) is 0 Å². The number of nitrogens with zero attached hydrogens (tertiary/aromatic N) is 1. The molecule has 0 saturated heterocycles. The molecule has 104 valence electrons. The highest BCUT2D eigenvalue weighted by molar-refractivity contribution is 9.10. The molecule has 0 aliphatic heterocycles. The molecule has 19 heavy (non-hydrogen) atoms. The van der Waals surface area contributed by atoms with E-state index in [2.05, 4.69) is 51.5 Å². The first-order chi connectivity index (χ1) is 9.11. The number of rotatable bonds is 6. The lowest BCUT2D eigenvalue weighted by atomic mass is 10.2. The smallest absolute Gasteiger partial charge is 0.115 e. The largest absolute Gasteiger partial charge is 0.383 e. The summed E-state index contributed by atoms with van der Waals surface area (Å²) in [6.45, 7) is 5.69. The molecule has 0 amide bonds. The van der Waals surface area contributed by atoms with E-state index >= 15 is 0 Å². The van der Waals surface area contributed by atoms with Crippen LogP contribution < -0.4 is 5.32 Å². The predicted molar refractivity (Wildman–Crippen MR) is 85.3 cm³/mol. The molecule has 2 aromatic heterocycles. The number of aryl methyl sites for hydroxylation is 2. The summed E-state index contributed by atoms with van der Waals surface area (Å²) in [7, 11) is 1.72. The predicted octanol–water partition coefficient (Wildman–Crippen LogP) is 3.91. The van der Waals surface area contributed by atoms with Crippen LogP contribution >= 0.6 is 38.6 Å². The third-order valence-electron chi connectivity index (χ3n) is 2.82. The van der Waals surface area contributed by atoms with E-state index in [0.29, 0.717) is 6.61 Å². The summed E-state index contributed by atoms with van der Waals surface area (Å²) >= 11 is 7.02. The van der Waals surface area contributed by atoms with E-state index in [0.717, 1.165) is 21.7 Å². The van der Waals surface area contributed by atoms with Crippen molar-refractivity contribution in [3.05, 3.63) is 36.4 Å². The number of hydrogen-bond donors (Lipinski definition) is 1. The van der Waals surface area contributed by atoms with Crippen molar-refractivity contribution in [1.82, 2.24) is 10.3 Å². The van der Waals surface area contributed by atoms with E-state index in [1.54, 1.807) is 29.8 Å². The number of ether oxygens (including phenoxy) is 1. The first-order valence-corrected chi connectivity index (χ1v) is 8.51. The fraction of sp³-hybridized carbons (Fsp3) is 0.462. The molecule has 0 spiro atoms. The van der Waals surface area contributed by atoms with E-state index in [1.165, 1.54) is 9.75 Å². The van der Waals surface area contributed by atoms with Gasteiger partial charge in [0.2, 0.25) is 0 Å². The molecule has 0 saturated carbocycles. The number of thiazole rings is 1. The van der Waals surface area contributed by atoms with Gasteiger partial charge in [0.05, 0.1) is 18.3 Å². The number of methoxy groups -OCH3 is 1. The van der Waals surface area contributed by atoms with Gasteiger partial charge in [-0.25, -0.2) is 4.98 Å². The van der Waals surface area contributed by atoms with Crippen LogP contribution in [0.15, 0.2) is 15.9 Å². The standard InChI is InChI=1S/C13H17BrN2OS2/c1-8-9(2)19-13(16-8)12(15-4-5-17-3)11-6-10(14)7-18-11/h6-7,12,15H,4-5H2,1-3H3. The van der Waals surface area contributed by atoms with Crippen LogP contribution in [0.2, 0.25) is 0 Å². The molecule has 6 heteroatoms. The van der Waals surface area contributed by atoms with Crippen molar-refractivity contribution < 1.29 is 4.74 Å². The van der Waals surface area contributed by atoms with Gasteiger partial charge in [0.25, 0.3) is 0 Å². The molecule has 3 nitrogen and oxygen atoms in total. The van der Waals surface area contributed by atoms with Crippen LogP contribution in [0.3, 0.4) is 0 Å². The average molecular weight is 361 g/mol. The average Bonchev–Trinajstić information content (AvgIpc) is 2.93. The van der Waals surface area contributed by atoms with Crippen molar-refractivity contribution in [2.24, 2.45) is 0 Å². The van der Waals surface area contributed by atoms with E-state index in [1.807, 2.05) is 0 Å². The summed E-state index contributed by atoms with van der Waals surface area (Å²) in [5.74, 6) is 0. The summed E-state index contributed by atoms with van der Waals surface area (Å²) in [5.41, 5.74) is 1.12. The lowest BCUT2D eigenvalue weighted by Crippen LogP contribution is -2.25. The Balaban J connectivity index is 2.23. The number of aromatic nitrogens is 1. The van der Waals surface area contributed by atoms with Gasteiger partial charge in [-0.15, -0.1) is 22.7 Å². The van der Waals surface area contributed by atoms with Crippen LogP contribution in [0.25, 0.3) is 0 Å². The minimum atomic E-state index is 0.156. The molecule has 0 aliphatic carbocycles. The summed E-state index contributed by atoms with van der Waals surface area (Å²) in [6.07, 6.45) is 0. The summed E-state index contributed by atoms with van der Waals surface area (Å²) in [6, 6.07) is 2.31. The third-order valence-corrected chi connectivity index (χ3v) is 5.72. The quantitative estimate of drug-likeness (QED) is 0.793. The van der Waals surface area contributed by atoms with Gasteiger partial charge in [0.1, 0.15) is 5.01 Å². The maximum absolute atomic E-state index is 5.11. The molecule has 2 aromatic rings. The van der Waals surface area contributed by atoms with Crippen molar-refractivity contribution in [3.8, 4) is 0 Å². The third kappa shape index (κ3) is 3.86. The van der Waals surface area contributed by atoms with Crippen LogP contribution in [0.5, 0.6) is 0 Å². The van der Waals surface area contributed by atoms with E-state index in [-0.39, 0.29) is 6.04 Å². The van der Waals surface area contributed by atoms with E-state index in [4.69, 9.17) is 4.74 Å². The molecular weight excluding hydrogens is 344 g/mol. The Morgan fingerprint density at radius 2 is 2.26 bits per heavy atom. The minimum absolute atomic E-state index is 0.156. The Bertz CT molecular complexity index is 519.